The van der Waals surface area contributed by atoms with Gasteiger partial charge in [0.2, 0.25) is 5.95 Å². The maximum atomic E-state index is 12.5. The van der Waals surface area contributed by atoms with Crippen molar-refractivity contribution in [3.05, 3.63) is 89.3 Å². The van der Waals surface area contributed by atoms with Crippen LogP contribution < -0.4 is 5.32 Å². The second-order valence-electron chi connectivity index (χ2n) is 5.91. The van der Waals surface area contributed by atoms with E-state index in [1.54, 1.807) is 30.5 Å². The Morgan fingerprint density at radius 2 is 1.96 bits per heavy atom. The second kappa shape index (κ2) is 7.47. The van der Waals surface area contributed by atoms with Crippen LogP contribution in [0.2, 0.25) is 5.02 Å². The van der Waals surface area contributed by atoms with E-state index in [0.29, 0.717) is 23.3 Å². The summed E-state index contributed by atoms with van der Waals surface area (Å²) in [5.74, 6) is 0.513. The molecule has 0 aliphatic carbocycles. The molecule has 0 atom stereocenters. The molecule has 27 heavy (non-hydrogen) atoms. The first-order valence-corrected chi connectivity index (χ1v) is 8.66. The fraction of sp³-hybridized carbons (Fsp3) is 0.0500. The summed E-state index contributed by atoms with van der Waals surface area (Å²) in [4.78, 5) is 16.7. The summed E-state index contributed by atoms with van der Waals surface area (Å²) in [7, 11) is 0. The molecule has 0 fully saturated rings. The zero-order chi connectivity index (χ0) is 18.6. The van der Waals surface area contributed by atoms with Crippen molar-refractivity contribution in [1.29, 1.82) is 0 Å². The molecule has 0 aliphatic rings. The first-order chi connectivity index (χ1) is 13.2. The molecule has 0 saturated carbocycles. The Hall–Kier alpha value is -3.38. The molecule has 6 nitrogen and oxygen atoms in total. The van der Waals surface area contributed by atoms with Gasteiger partial charge in [0.1, 0.15) is 0 Å². The van der Waals surface area contributed by atoms with Gasteiger partial charge in [-0.05, 0) is 17.7 Å². The van der Waals surface area contributed by atoms with E-state index in [-0.39, 0.29) is 5.69 Å². The van der Waals surface area contributed by atoms with Crippen molar-refractivity contribution in [2.75, 3.05) is 5.32 Å². The number of anilines is 1. The van der Waals surface area contributed by atoms with Gasteiger partial charge in [0.05, 0.1) is 6.54 Å². The summed E-state index contributed by atoms with van der Waals surface area (Å²) in [6.45, 7) is 0.600. The molecule has 2 heterocycles. The monoisotopic (exact) mass is 378 g/mol. The Balaban J connectivity index is 1.50. The summed E-state index contributed by atoms with van der Waals surface area (Å²) < 4.78 is 7.13. The number of rotatable bonds is 5. The first-order valence-electron chi connectivity index (χ1n) is 8.28. The molecule has 134 valence electrons. The van der Waals surface area contributed by atoms with Gasteiger partial charge in [0.25, 0.3) is 5.91 Å². The highest BCUT2D eigenvalue weighted by Crippen LogP contribution is 2.23. The molecule has 4 aromatic rings. The molecule has 0 spiro atoms. The zero-order valence-electron chi connectivity index (χ0n) is 14.2. The number of hydrogen-bond acceptors (Lipinski definition) is 4. The maximum absolute atomic E-state index is 12.5. The SMILES string of the molecule is O=C(Nc1nccn1Cc1ccccc1)c1cc(-c2cccc(Cl)c2)on1. The first kappa shape index (κ1) is 17.1. The molecule has 0 unspecified atom stereocenters. The molecule has 4 rings (SSSR count). The van der Waals surface area contributed by atoms with E-state index < -0.39 is 5.91 Å². The van der Waals surface area contributed by atoms with Crippen LogP contribution in [-0.2, 0) is 6.54 Å². The number of aromatic nitrogens is 3. The predicted molar refractivity (Wildman–Crippen MR) is 103 cm³/mol. The third-order valence-electron chi connectivity index (χ3n) is 3.99. The van der Waals surface area contributed by atoms with Crippen molar-refractivity contribution >= 4 is 23.5 Å². The third kappa shape index (κ3) is 3.91. The topological polar surface area (TPSA) is 73.0 Å². The second-order valence-corrected chi connectivity index (χ2v) is 6.34. The van der Waals surface area contributed by atoms with Crippen molar-refractivity contribution < 1.29 is 9.32 Å². The van der Waals surface area contributed by atoms with Crippen LogP contribution in [-0.4, -0.2) is 20.6 Å². The molecular weight excluding hydrogens is 364 g/mol. The summed E-state index contributed by atoms with van der Waals surface area (Å²) in [5.41, 5.74) is 2.02. The van der Waals surface area contributed by atoms with Crippen LogP contribution in [0.15, 0.2) is 77.6 Å². The van der Waals surface area contributed by atoms with E-state index in [4.69, 9.17) is 16.1 Å². The molecule has 0 radical (unpaired) electrons. The molecule has 2 aromatic heterocycles. The predicted octanol–water partition coefficient (Wildman–Crippen LogP) is 4.49. The summed E-state index contributed by atoms with van der Waals surface area (Å²) in [5, 5.41) is 7.20. The number of imidazole rings is 1. The fourth-order valence-corrected chi connectivity index (χ4v) is 2.86. The Kier molecular flexibility index (Phi) is 4.72. The Bertz CT molecular complexity index is 1070. The number of halogens is 1. The quantitative estimate of drug-likeness (QED) is 0.555. The standard InChI is InChI=1S/C20H15ClN4O2/c21-16-8-4-7-15(11-16)18-12-17(24-27-18)19(26)23-20-22-9-10-25(20)13-14-5-2-1-3-6-14/h1-12H,13H2,(H,22,23,26). The van der Waals surface area contributed by atoms with E-state index in [1.165, 1.54) is 0 Å². The molecule has 7 heteroatoms. The van der Waals surface area contributed by atoms with Gasteiger partial charge in [0.15, 0.2) is 11.5 Å². The average Bonchev–Trinajstić information content (AvgIpc) is 3.33. The van der Waals surface area contributed by atoms with Gasteiger partial charge in [-0.3, -0.25) is 10.1 Å². The van der Waals surface area contributed by atoms with Crippen LogP contribution in [0.5, 0.6) is 0 Å². The van der Waals surface area contributed by atoms with Gasteiger partial charge >= 0.3 is 0 Å². The molecular formula is C20H15ClN4O2. The number of carbonyl (C=O) groups is 1. The average molecular weight is 379 g/mol. The van der Waals surface area contributed by atoms with Crippen molar-refractivity contribution in [1.82, 2.24) is 14.7 Å². The maximum Gasteiger partial charge on any atom is 0.280 e. The van der Waals surface area contributed by atoms with Crippen molar-refractivity contribution in [2.24, 2.45) is 0 Å². The van der Waals surface area contributed by atoms with E-state index in [0.717, 1.165) is 11.1 Å². The van der Waals surface area contributed by atoms with Crippen molar-refractivity contribution in [3.8, 4) is 11.3 Å². The normalized spacial score (nSPS) is 10.7. The lowest BCUT2D eigenvalue weighted by Gasteiger charge is -2.08. The van der Waals surface area contributed by atoms with Crippen LogP contribution in [0.25, 0.3) is 11.3 Å². The lowest BCUT2D eigenvalue weighted by atomic mass is 10.1. The van der Waals surface area contributed by atoms with Crippen LogP contribution in [0.3, 0.4) is 0 Å². The minimum absolute atomic E-state index is 0.166. The van der Waals surface area contributed by atoms with E-state index in [1.807, 2.05) is 47.2 Å². The molecule has 0 bridgehead atoms. The van der Waals surface area contributed by atoms with Gasteiger partial charge in [-0.25, -0.2) is 4.98 Å². The van der Waals surface area contributed by atoms with Crippen LogP contribution in [0.4, 0.5) is 5.95 Å². The van der Waals surface area contributed by atoms with Crippen LogP contribution in [0.1, 0.15) is 16.1 Å². The number of nitrogens with zero attached hydrogens (tertiary/aromatic N) is 3. The Morgan fingerprint density at radius 1 is 1.11 bits per heavy atom. The number of amides is 1. The highest BCUT2D eigenvalue weighted by molar-refractivity contribution is 6.30. The van der Waals surface area contributed by atoms with Gasteiger partial charge in [-0.15, -0.1) is 0 Å². The third-order valence-corrected chi connectivity index (χ3v) is 4.22. The lowest BCUT2D eigenvalue weighted by Crippen LogP contribution is -2.16. The highest BCUT2D eigenvalue weighted by Gasteiger charge is 2.16. The molecule has 0 aliphatic heterocycles. The molecule has 2 aromatic carbocycles. The number of benzene rings is 2. The van der Waals surface area contributed by atoms with Crippen LogP contribution in [0, 0.1) is 0 Å². The molecule has 1 N–H and O–H groups in total. The van der Waals surface area contributed by atoms with Crippen molar-refractivity contribution in [3.63, 3.8) is 0 Å². The van der Waals surface area contributed by atoms with Gasteiger partial charge in [-0.2, -0.15) is 0 Å². The van der Waals surface area contributed by atoms with Crippen molar-refractivity contribution in [2.45, 2.75) is 6.54 Å². The van der Waals surface area contributed by atoms with Gasteiger partial charge in [0, 0.05) is 29.0 Å². The number of hydrogen-bond donors (Lipinski definition) is 1. The minimum Gasteiger partial charge on any atom is -0.355 e. The smallest absolute Gasteiger partial charge is 0.280 e. The zero-order valence-corrected chi connectivity index (χ0v) is 14.9. The lowest BCUT2D eigenvalue weighted by molar-refractivity contribution is 0.101. The summed E-state index contributed by atoms with van der Waals surface area (Å²) in [6, 6.07) is 18.7. The Labute approximate surface area is 160 Å². The van der Waals surface area contributed by atoms with E-state index in [9.17, 15) is 4.79 Å². The summed E-state index contributed by atoms with van der Waals surface area (Å²) >= 11 is 5.99. The largest absolute Gasteiger partial charge is 0.355 e. The highest BCUT2D eigenvalue weighted by atomic mass is 35.5. The molecule has 1 amide bonds. The number of carbonyl (C=O) groups excluding carboxylic acids is 1. The van der Waals surface area contributed by atoms with E-state index in [2.05, 4.69) is 15.5 Å². The van der Waals surface area contributed by atoms with Crippen LogP contribution >= 0.6 is 11.6 Å². The summed E-state index contributed by atoms with van der Waals surface area (Å²) in [6.07, 6.45) is 3.45. The van der Waals surface area contributed by atoms with E-state index >= 15 is 0 Å². The van der Waals surface area contributed by atoms with Gasteiger partial charge in [-0.1, -0.05) is 59.2 Å². The Morgan fingerprint density at radius 3 is 2.78 bits per heavy atom. The minimum atomic E-state index is -0.396. The number of nitrogens with one attached hydrogen (secondary N) is 1. The fourth-order valence-electron chi connectivity index (χ4n) is 2.67. The van der Waals surface area contributed by atoms with Gasteiger partial charge < -0.3 is 9.09 Å². The molecule has 0 saturated heterocycles.